The average molecular weight is 701 g/mol. The summed E-state index contributed by atoms with van der Waals surface area (Å²) >= 11 is 1.63. The van der Waals surface area contributed by atoms with Crippen LogP contribution in [0.3, 0.4) is 0 Å². The van der Waals surface area contributed by atoms with E-state index in [1.807, 2.05) is 25.7 Å². The Hall–Kier alpha value is -2.57. The van der Waals surface area contributed by atoms with Gasteiger partial charge >= 0.3 is 5.97 Å². The lowest BCUT2D eigenvalue weighted by atomic mass is 9.97. The molecule has 1 saturated heterocycles. The summed E-state index contributed by atoms with van der Waals surface area (Å²) < 4.78 is 15.2. The molecule has 1 unspecified atom stereocenters. The molecule has 4 rings (SSSR count). The number of rotatable bonds is 5. The zero-order valence-electron chi connectivity index (χ0n) is 26.9. The van der Waals surface area contributed by atoms with Crippen LogP contribution in [-0.4, -0.2) is 42.5 Å². The molecule has 42 heavy (non-hydrogen) atoms. The average Bonchev–Trinajstić information content (AvgIpc) is 3.39. The number of esters is 1. The summed E-state index contributed by atoms with van der Waals surface area (Å²) in [6.45, 7) is 19.7. The number of carbonyl (C=O) groups is 2. The number of ether oxygens (including phenoxy) is 1. The highest BCUT2D eigenvalue weighted by molar-refractivity contribution is 14.1. The predicted molar refractivity (Wildman–Crippen MR) is 177 cm³/mol. The van der Waals surface area contributed by atoms with Crippen molar-refractivity contribution in [2.75, 3.05) is 20.2 Å². The summed E-state index contributed by atoms with van der Waals surface area (Å²) in [6, 6.07) is 8.32. The Morgan fingerprint density at radius 3 is 2.24 bits per heavy atom. The minimum absolute atomic E-state index is 0.0467. The lowest BCUT2D eigenvalue weighted by Gasteiger charge is -2.16. The third-order valence-electron chi connectivity index (χ3n) is 5.54. The molecule has 1 fully saturated rings. The van der Waals surface area contributed by atoms with Gasteiger partial charge in [0.15, 0.2) is 39.8 Å². The monoisotopic (exact) mass is 700 g/mol. The number of likely N-dealkylation sites (tertiary alicyclic amines) is 1. The van der Waals surface area contributed by atoms with E-state index >= 15 is 0 Å². The van der Waals surface area contributed by atoms with Crippen LogP contribution in [0.25, 0.3) is 22.6 Å². The minimum Gasteiger partial charge on any atom is -0.453 e. The first kappa shape index (κ1) is 39.4. The van der Waals surface area contributed by atoms with Crippen LogP contribution in [0.4, 0.5) is 0 Å². The van der Waals surface area contributed by atoms with Crippen molar-refractivity contribution in [3.8, 4) is 17.2 Å². The van der Waals surface area contributed by atoms with Gasteiger partial charge in [-0.25, -0.2) is 9.87 Å². The normalized spacial score (nSPS) is 13.8. The lowest BCUT2D eigenvalue weighted by molar-refractivity contribution is -0.143. The van der Waals surface area contributed by atoms with Crippen molar-refractivity contribution >= 4 is 46.5 Å². The zero-order valence-corrected chi connectivity index (χ0v) is 29.1. The number of fused-ring (bicyclic) bond motifs is 2. The largest absolute Gasteiger partial charge is 0.453 e. The van der Waals surface area contributed by atoms with Gasteiger partial charge in [-0.05, 0) is 57.7 Å². The highest BCUT2D eigenvalue weighted by atomic mass is 127. The number of hydrogen-bond acceptors (Lipinski definition) is 8. The van der Waals surface area contributed by atoms with Crippen LogP contribution in [0.2, 0.25) is 0 Å². The number of amides is 1. The van der Waals surface area contributed by atoms with Gasteiger partial charge in [0.25, 0.3) is 0 Å². The van der Waals surface area contributed by atoms with Gasteiger partial charge in [-0.1, -0.05) is 54.4 Å². The summed E-state index contributed by atoms with van der Waals surface area (Å²) in [4.78, 5) is 44.6. The molecule has 1 aliphatic carbocycles. The molecule has 1 aromatic carbocycles. The van der Waals surface area contributed by atoms with Crippen molar-refractivity contribution in [1.82, 2.24) is 9.88 Å². The van der Waals surface area contributed by atoms with Gasteiger partial charge in [0, 0.05) is 30.8 Å². The molecular weight excluding hydrogens is 651 g/mol. The topological polar surface area (TPSA) is 108 Å². The Balaban J connectivity index is 0.000000811. The van der Waals surface area contributed by atoms with Gasteiger partial charge in [0.1, 0.15) is 17.0 Å². The second-order valence-electron chi connectivity index (χ2n) is 10.6. The van der Waals surface area contributed by atoms with Crippen LogP contribution in [0.1, 0.15) is 87.1 Å². The number of carbonyl (C=O) groups excluding carboxylic acids is 2. The number of benzene rings is 2. The van der Waals surface area contributed by atoms with Crippen molar-refractivity contribution in [3.63, 3.8) is 0 Å². The van der Waals surface area contributed by atoms with Crippen molar-refractivity contribution in [2.45, 2.75) is 88.0 Å². The van der Waals surface area contributed by atoms with Crippen molar-refractivity contribution < 1.29 is 26.8 Å². The number of aryl methyl sites for hydroxylation is 1. The van der Waals surface area contributed by atoms with Gasteiger partial charge in [-0.15, -0.1) is 0 Å². The van der Waals surface area contributed by atoms with E-state index in [-0.39, 0.29) is 11.4 Å². The van der Waals surface area contributed by atoms with E-state index < -0.39 is 5.41 Å². The van der Waals surface area contributed by atoms with E-state index in [1.165, 1.54) is 26.0 Å². The van der Waals surface area contributed by atoms with Crippen LogP contribution >= 0.6 is 23.0 Å². The zero-order chi connectivity index (χ0) is 32.3. The van der Waals surface area contributed by atoms with Crippen LogP contribution in [0.15, 0.2) is 39.5 Å². The Kier molecular flexibility index (Phi) is 19.9. The first-order valence-corrected chi connectivity index (χ1v) is 15.4. The van der Waals surface area contributed by atoms with E-state index in [0.717, 1.165) is 43.8 Å². The van der Waals surface area contributed by atoms with Crippen molar-refractivity contribution in [3.05, 3.63) is 46.1 Å². The molecule has 9 nitrogen and oxygen atoms in total. The van der Waals surface area contributed by atoms with E-state index in [0.29, 0.717) is 28.3 Å². The van der Waals surface area contributed by atoms with Crippen molar-refractivity contribution in [2.24, 2.45) is 11.3 Å². The standard InChI is InChI=1S/C20H21NO4.C6H11NO.C3H8.C2H6.CH3IO2/c1-5-6-12-9-15-18(11-16(12)22)25-17-10-13(7-8-14(17)21-15)24-19(23)20(2,3)4;1-6-2-3-7(4-6)5-8;1-3-2;1-2;1-3-4-2/h7-11H,5-6H2,1-4H3;5-6H,2-4H2,1H3;3H2,1-2H3;1-2H3;1H3. The first-order valence-electron chi connectivity index (χ1n) is 14.5. The molecule has 10 heteroatoms. The first-order chi connectivity index (χ1) is 19.9. The summed E-state index contributed by atoms with van der Waals surface area (Å²) in [5.74, 6) is 1.21. The van der Waals surface area contributed by atoms with Crippen LogP contribution < -0.4 is 10.2 Å². The molecule has 2 heterocycles. The third-order valence-corrected chi connectivity index (χ3v) is 5.90. The Morgan fingerprint density at radius 2 is 1.79 bits per heavy atom. The molecule has 2 aliphatic heterocycles. The minimum atomic E-state index is -0.596. The maximum atomic E-state index is 12.1. The highest BCUT2D eigenvalue weighted by Gasteiger charge is 2.24. The maximum absolute atomic E-state index is 12.1. The third kappa shape index (κ3) is 14.1. The molecule has 0 spiro atoms. The Labute approximate surface area is 265 Å². The summed E-state index contributed by atoms with van der Waals surface area (Å²) in [5.41, 5.74) is 1.86. The van der Waals surface area contributed by atoms with E-state index in [1.54, 1.807) is 68.0 Å². The molecular formula is C32H49IN2O7. The lowest BCUT2D eigenvalue weighted by Crippen LogP contribution is -2.25. The predicted octanol–water partition coefficient (Wildman–Crippen LogP) is 8.04. The Morgan fingerprint density at radius 1 is 1.17 bits per heavy atom. The maximum Gasteiger partial charge on any atom is 0.316 e. The van der Waals surface area contributed by atoms with Crippen molar-refractivity contribution in [1.29, 1.82) is 0 Å². The molecule has 0 saturated carbocycles. The molecule has 3 aliphatic rings. The van der Waals surface area contributed by atoms with Gasteiger partial charge in [-0.2, -0.15) is 3.22 Å². The highest BCUT2D eigenvalue weighted by Crippen LogP contribution is 2.28. The second kappa shape index (κ2) is 21.2. The fourth-order valence-electron chi connectivity index (χ4n) is 3.53. The van der Waals surface area contributed by atoms with Crippen LogP contribution in [0, 0.1) is 11.3 Å². The van der Waals surface area contributed by atoms with Gasteiger partial charge < -0.3 is 14.1 Å². The summed E-state index contributed by atoms with van der Waals surface area (Å²) in [5, 5.41) is 0. The van der Waals surface area contributed by atoms with E-state index in [4.69, 9.17) is 9.15 Å². The number of hydrogen-bond donors (Lipinski definition) is 0. The fraction of sp³-hybridized carbons (Fsp3) is 0.562. The van der Waals surface area contributed by atoms with Crippen LogP contribution in [-0.2, 0) is 24.1 Å². The molecule has 0 radical (unpaired) electrons. The fourth-order valence-corrected chi connectivity index (χ4v) is 3.53. The molecule has 0 aromatic heterocycles. The molecule has 0 bridgehead atoms. The molecule has 1 amide bonds. The van der Waals surface area contributed by atoms with Crippen LogP contribution in [0.5, 0.6) is 5.75 Å². The number of aromatic nitrogens is 1. The van der Waals surface area contributed by atoms with Gasteiger partial charge in [-0.3, -0.25) is 14.4 Å². The van der Waals surface area contributed by atoms with E-state index in [9.17, 15) is 14.4 Å². The Bertz CT molecular complexity index is 1220. The van der Waals surface area contributed by atoms with E-state index in [2.05, 4.69) is 33.9 Å². The molecule has 1 atom stereocenters. The smallest absolute Gasteiger partial charge is 0.316 e. The molecule has 236 valence electrons. The summed E-state index contributed by atoms with van der Waals surface area (Å²) in [6.07, 6.45) is 4.98. The summed E-state index contributed by atoms with van der Waals surface area (Å²) in [7, 11) is 1.45. The molecule has 1 aromatic rings. The van der Waals surface area contributed by atoms with Gasteiger partial charge in [0.05, 0.1) is 12.5 Å². The van der Waals surface area contributed by atoms with Gasteiger partial charge in [0.2, 0.25) is 6.41 Å². The number of nitrogens with zero attached hydrogens (tertiary/aromatic N) is 2. The SMILES string of the molecule is CC.CC1CCN(C=O)C1.CCC.CCCc1cc2nc3ccc(OC(=O)C(C)(C)C)cc3oc-2cc1=O.COOI. The number of halogens is 1. The molecule has 0 N–H and O–H groups in total. The second-order valence-corrected chi connectivity index (χ2v) is 11.0. The quantitative estimate of drug-likeness (QED) is 0.0501.